The summed E-state index contributed by atoms with van der Waals surface area (Å²) >= 11 is 1.54. The first-order chi connectivity index (χ1) is 16.2. The molecule has 3 rings (SSSR count). The maximum Gasteiger partial charge on any atom is 0.211 e. The quantitative estimate of drug-likeness (QED) is 0.194. The third-order valence-electron chi connectivity index (χ3n) is 4.54. The van der Waals surface area contributed by atoms with Crippen molar-refractivity contribution in [2.24, 2.45) is 43.3 Å². The molecule has 9 nitrogen and oxygen atoms in total. The average molecular weight is 472 g/mol. The molecule has 0 atom stereocenters. The first-order valence-corrected chi connectivity index (χ1v) is 11.0. The topological polar surface area (TPSA) is 166 Å². The molecule has 0 aliphatic rings. The van der Waals surface area contributed by atoms with Gasteiger partial charge in [-0.3, -0.25) is 0 Å². The maximum absolute atomic E-state index is 5.35. The van der Waals surface area contributed by atoms with Gasteiger partial charge in [-0.05, 0) is 50.6 Å². The van der Waals surface area contributed by atoms with Gasteiger partial charge in [0.05, 0.1) is 22.0 Å². The van der Waals surface area contributed by atoms with Crippen LogP contribution < -0.4 is 22.9 Å². The molecule has 172 valence electrons. The summed E-state index contributed by atoms with van der Waals surface area (Å²) in [6.07, 6.45) is 0. The van der Waals surface area contributed by atoms with Gasteiger partial charge in [0, 0.05) is 16.7 Å². The zero-order chi connectivity index (χ0) is 24.7. The Labute approximate surface area is 202 Å². The summed E-state index contributed by atoms with van der Waals surface area (Å²) in [6.45, 7) is 5.61. The van der Waals surface area contributed by atoms with Crippen molar-refractivity contribution < 1.29 is 0 Å². The van der Waals surface area contributed by atoms with E-state index in [2.05, 4.69) is 37.2 Å². The number of benzene rings is 2. The van der Waals surface area contributed by atoms with Gasteiger partial charge in [-0.25, -0.2) is 4.98 Å². The summed E-state index contributed by atoms with van der Waals surface area (Å²) in [4.78, 5) is 5.59. The van der Waals surface area contributed by atoms with E-state index in [1.54, 1.807) is 0 Å². The number of aromatic nitrogens is 1. The number of rotatable bonds is 5. The molecule has 10 heteroatoms. The molecular weight excluding hydrogens is 446 g/mol. The summed E-state index contributed by atoms with van der Waals surface area (Å²) in [6, 6.07) is 15.7. The predicted molar refractivity (Wildman–Crippen MR) is 141 cm³/mol. The van der Waals surface area contributed by atoms with Crippen molar-refractivity contribution in [3.05, 3.63) is 75.8 Å². The molecule has 0 spiro atoms. The number of hydrogen-bond acceptors (Lipinski definition) is 6. The normalized spacial score (nSPS) is 11.4. The van der Waals surface area contributed by atoms with Crippen LogP contribution in [0, 0.1) is 18.8 Å². The molecule has 0 radical (unpaired) electrons. The molecule has 0 fully saturated rings. The summed E-state index contributed by atoms with van der Waals surface area (Å²) in [5, 5.41) is 16.3. The van der Waals surface area contributed by atoms with Gasteiger partial charge in [0.15, 0.2) is 0 Å². The van der Waals surface area contributed by atoms with E-state index in [1.807, 2.05) is 69.3 Å². The molecule has 0 amide bonds. The minimum atomic E-state index is -0.0822. The fourth-order valence-corrected chi connectivity index (χ4v) is 3.87. The molecule has 0 aliphatic carbocycles. The minimum absolute atomic E-state index is 0.0786. The van der Waals surface area contributed by atoms with Crippen LogP contribution in [0.4, 0.5) is 0 Å². The lowest BCUT2D eigenvalue weighted by molar-refractivity contribution is 1.19. The van der Waals surface area contributed by atoms with Gasteiger partial charge in [-0.2, -0.15) is 10.2 Å². The first kappa shape index (κ1) is 24.2. The molecule has 1 aromatic heterocycles. The van der Waals surface area contributed by atoms with E-state index < -0.39 is 0 Å². The highest BCUT2D eigenvalue weighted by molar-refractivity contribution is 7.17. The van der Waals surface area contributed by atoms with Crippen molar-refractivity contribution in [2.45, 2.75) is 20.8 Å². The number of guanidine groups is 2. The molecule has 2 aromatic carbocycles. The molecule has 3 aromatic rings. The van der Waals surface area contributed by atoms with Crippen LogP contribution in [-0.4, -0.2) is 28.3 Å². The Kier molecular flexibility index (Phi) is 7.74. The number of nitrogens with zero attached hydrogens (tertiary/aromatic N) is 5. The zero-order valence-electron chi connectivity index (χ0n) is 19.1. The molecular formula is C24H25N9S. The van der Waals surface area contributed by atoms with Crippen molar-refractivity contribution in [1.82, 2.24) is 4.98 Å². The van der Waals surface area contributed by atoms with Crippen LogP contribution in [0.2, 0.25) is 0 Å². The lowest BCUT2D eigenvalue weighted by atomic mass is 10.1. The molecule has 0 saturated carbocycles. The Morgan fingerprint density at radius 1 is 0.735 bits per heavy atom. The Morgan fingerprint density at radius 3 is 1.76 bits per heavy atom. The van der Waals surface area contributed by atoms with Gasteiger partial charge in [0.1, 0.15) is 5.01 Å². The molecule has 34 heavy (non-hydrogen) atoms. The average Bonchev–Trinajstić information content (AvgIpc) is 3.22. The second-order valence-electron chi connectivity index (χ2n) is 7.26. The SMILES string of the molecule is C/C(=N/N=C(N)N)c1ccc(C#Cc2ccc(-c3nc(C)c(/C(C)=N/N=C(N)N)s3)cc2)cc1. The van der Waals surface area contributed by atoms with Crippen molar-refractivity contribution in [3.63, 3.8) is 0 Å². The fraction of sp³-hybridized carbons (Fsp3) is 0.125. The third-order valence-corrected chi connectivity index (χ3v) is 5.86. The highest BCUT2D eigenvalue weighted by atomic mass is 32.1. The predicted octanol–water partition coefficient (Wildman–Crippen LogP) is 2.51. The summed E-state index contributed by atoms with van der Waals surface area (Å²) in [7, 11) is 0. The van der Waals surface area contributed by atoms with E-state index in [-0.39, 0.29) is 11.9 Å². The Bertz CT molecular complexity index is 1340. The number of aryl methyl sites for hydroxylation is 1. The van der Waals surface area contributed by atoms with E-state index in [1.165, 1.54) is 11.3 Å². The zero-order valence-corrected chi connectivity index (χ0v) is 19.9. The monoisotopic (exact) mass is 471 g/mol. The van der Waals surface area contributed by atoms with Crippen molar-refractivity contribution >= 4 is 34.7 Å². The largest absolute Gasteiger partial charge is 0.369 e. The van der Waals surface area contributed by atoms with Crippen LogP contribution in [0.3, 0.4) is 0 Å². The number of hydrogen-bond donors (Lipinski definition) is 4. The first-order valence-electron chi connectivity index (χ1n) is 10.2. The minimum Gasteiger partial charge on any atom is -0.369 e. The van der Waals surface area contributed by atoms with Gasteiger partial charge in [0.25, 0.3) is 0 Å². The van der Waals surface area contributed by atoms with Crippen molar-refractivity contribution in [3.8, 4) is 22.4 Å². The van der Waals surface area contributed by atoms with Gasteiger partial charge >= 0.3 is 0 Å². The maximum atomic E-state index is 5.35. The molecule has 1 heterocycles. The number of thiazole rings is 1. The summed E-state index contributed by atoms with van der Waals surface area (Å²) < 4.78 is 0. The highest BCUT2D eigenvalue weighted by Crippen LogP contribution is 2.28. The van der Waals surface area contributed by atoms with Crippen LogP contribution >= 0.6 is 11.3 Å². The van der Waals surface area contributed by atoms with E-state index in [0.717, 1.165) is 37.8 Å². The molecule has 0 unspecified atom stereocenters. The van der Waals surface area contributed by atoms with E-state index in [4.69, 9.17) is 22.9 Å². The van der Waals surface area contributed by atoms with E-state index in [0.29, 0.717) is 11.4 Å². The van der Waals surface area contributed by atoms with Crippen LogP contribution in [0.5, 0.6) is 0 Å². The second-order valence-corrected chi connectivity index (χ2v) is 8.26. The van der Waals surface area contributed by atoms with Gasteiger partial charge in [0.2, 0.25) is 11.9 Å². The van der Waals surface area contributed by atoms with Crippen LogP contribution in [0.1, 0.15) is 41.1 Å². The summed E-state index contributed by atoms with van der Waals surface area (Å²) in [5.41, 5.74) is 27.3. The van der Waals surface area contributed by atoms with E-state index in [9.17, 15) is 0 Å². The molecule has 0 saturated heterocycles. The van der Waals surface area contributed by atoms with Crippen LogP contribution in [-0.2, 0) is 0 Å². The number of nitrogens with two attached hydrogens (primary N) is 4. The molecule has 0 bridgehead atoms. The van der Waals surface area contributed by atoms with E-state index >= 15 is 0 Å². The molecule has 0 aliphatic heterocycles. The fourth-order valence-electron chi connectivity index (χ4n) is 2.86. The highest BCUT2D eigenvalue weighted by Gasteiger charge is 2.12. The lowest BCUT2D eigenvalue weighted by Gasteiger charge is -1.99. The van der Waals surface area contributed by atoms with Gasteiger partial charge in [-0.1, -0.05) is 36.1 Å². The summed E-state index contributed by atoms with van der Waals surface area (Å²) in [5.74, 6) is 6.19. The lowest BCUT2D eigenvalue weighted by Crippen LogP contribution is -2.22. The standard InChI is InChI=1S/C24H25N9S/c1-14(30-32-23(25)26)19-10-6-17(7-11-19)4-5-18-8-12-20(13-9-18)22-29-15(2)21(34-22)16(3)31-33-24(27)28/h6-13H,1-3H3,(H4,25,26,32)(H4,27,28,33)/b30-14-,31-16+. The van der Waals surface area contributed by atoms with Crippen LogP contribution in [0.15, 0.2) is 68.9 Å². The smallest absolute Gasteiger partial charge is 0.211 e. The van der Waals surface area contributed by atoms with Gasteiger partial charge < -0.3 is 22.9 Å². The van der Waals surface area contributed by atoms with Crippen LogP contribution in [0.25, 0.3) is 10.6 Å². The second kappa shape index (κ2) is 10.9. The van der Waals surface area contributed by atoms with Crippen molar-refractivity contribution in [1.29, 1.82) is 0 Å². The Hall–Kier alpha value is -4.49. The molecule has 8 N–H and O–H groups in total. The Morgan fingerprint density at radius 2 is 1.24 bits per heavy atom. The van der Waals surface area contributed by atoms with Gasteiger partial charge in [-0.15, -0.1) is 21.5 Å². The van der Waals surface area contributed by atoms with Crippen molar-refractivity contribution in [2.75, 3.05) is 0 Å². The Balaban J connectivity index is 1.74. The third kappa shape index (κ3) is 6.51.